The number of hydrogen-bond acceptors (Lipinski definition) is 3. The van der Waals surface area contributed by atoms with Gasteiger partial charge in [0.25, 0.3) is 0 Å². The highest BCUT2D eigenvalue weighted by atomic mass is 15.2. The SMILES string of the molecule is CC(NC1CCN2CCCC2C1)c1cn[nH]c1. The largest absolute Gasteiger partial charge is 0.307 e. The van der Waals surface area contributed by atoms with E-state index in [0.29, 0.717) is 12.1 Å². The summed E-state index contributed by atoms with van der Waals surface area (Å²) in [6.07, 6.45) is 9.32. The second-order valence-electron chi connectivity index (χ2n) is 5.47. The molecular weight excluding hydrogens is 212 g/mol. The number of fused-ring (bicyclic) bond motifs is 1. The van der Waals surface area contributed by atoms with E-state index in [9.17, 15) is 0 Å². The third-order valence-electron chi connectivity index (χ3n) is 4.33. The lowest BCUT2D eigenvalue weighted by molar-refractivity contribution is 0.162. The molecule has 4 heteroatoms. The topological polar surface area (TPSA) is 44.0 Å². The van der Waals surface area contributed by atoms with Crippen molar-refractivity contribution in [2.24, 2.45) is 0 Å². The number of hydrogen-bond donors (Lipinski definition) is 2. The zero-order chi connectivity index (χ0) is 11.7. The highest BCUT2D eigenvalue weighted by Crippen LogP contribution is 2.27. The molecule has 2 aliphatic heterocycles. The van der Waals surface area contributed by atoms with E-state index < -0.39 is 0 Å². The molecule has 0 aromatic carbocycles. The molecule has 2 saturated heterocycles. The Morgan fingerprint density at radius 2 is 2.41 bits per heavy atom. The van der Waals surface area contributed by atoms with Gasteiger partial charge in [0.2, 0.25) is 0 Å². The molecule has 94 valence electrons. The lowest BCUT2D eigenvalue weighted by Gasteiger charge is -2.36. The van der Waals surface area contributed by atoms with Gasteiger partial charge >= 0.3 is 0 Å². The average molecular weight is 234 g/mol. The lowest BCUT2D eigenvalue weighted by atomic mass is 9.96. The number of aromatic amines is 1. The Balaban J connectivity index is 1.55. The molecule has 0 saturated carbocycles. The summed E-state index contributed by atoms with van der Waals surface area (Å²) in [6.45, 7) is 4.83. The van der Waals surface area contributed by atoms with Gasteiger partial charge in [-0.05, 0) is 45.7 Å². The van der Waals surface area contributed by atoms with Crippen LogP contribution in [-0.4, -0.2) is 40.3 Å². The van der Waals surface area contributed by atoms with Crippen molar-refractivity contribution >= 4 is 0 Å². The van der Waals surface area contributed by atoms with Gasteiger partial charge in [0.05, 0.1) is 6.20 Å². The molecule has 4 nitrogen and oxygen atoms in total. The monoisotopic (exact) mass is 234 g/mol. The number of piperidine rings is 1. The molecule has 0 radical (unpaired) electrons. The van der Waals surface area contributed by atoms with Crippen molar-refractivity contribution in [1.82, 2.24) is 20.4 Å². The molecular formula is C13H22N4. The Bertz CT molecular complexity index is 348. The highest BCUT2D eigenvalue weighted by molar-refractivity contribution is 5.08. The molecule has 1 aromatic heterocycles. The molecule has 1 aromatic rings. The molecule has 0 bridgehead atoms. The summed E-state index contributed by atoms with van der Waals surface area (Å²) in [4.78, 5) is 2.67. The van der Waals surface area contributed by atoms with Crippen molar-refractivity contribution in [1.29, 1.82) is 0 Å². The Morgan fingerprint density at radius 1 is 1.47 bits per heavy atom. The van der Waals surface area contributed by atoms with Crippen LogP contribution in [-0.2, 0) is 0 Å². The van der Waals surface area contributed by atoms with Crippen LogP contribution in [0.15, 0.2) is 12.4 Å². The fraction of sp³-hybridized carbons (Fsp3) is 0.769. The predicted molar refractivity (Wildman–Crippen MR) is 67.8 cm³/mol. The van der Waals surface area contributed by atoms with Gasteiger partial charge in [-0.25, -0.2) is 0 Å². The minimum Gasteiger partial charge on any atom is -0.307 e. The Morgan fingerprint density at radius 3 is 3.24 bits per heavy atom. The van der Waals surface area contributed by atoms with E-state index in [0.717, 1.165) is 6.04 Å². The van der Waals surface area contributed by atoms with Crippen molar-refractivity contribution < 1.29 is 0 Å². The molecule has 17 heavy (non-hydrogen) atoms. The van der Waals surface area contributed by atoms with Crippen LogP contribution in [0, 0.1) is 0 Å². The van der Waals surface area contributed by atoms with E-state index in [4.69, 9.17) is 0 Å². The summed E-state index contributed by atoms with van der Waals surface area (Å²) >= 11 is 0. The van der Waals surface area contributed by atoms with E-state index >= 15 is 0 Å². The van der Waals surface area contributed by atoms with Gasteiger partial charge in [-0.15, -0.1) is 0 Å². The van der Waals surface area contributed by atoms with Crippen molar-refractivity contribution in [2.75, 3.05) is 13.1 Å². The van der Waals surface area contributed by atoms with Crippen LogP contribution in [0.3, 0.4) is 0 Å². The minimum absolute atomic E-state index is 0.409. The molecule has 2 N–H and O–H groups in total. The summed E-state index contributed by atoms with van der Waals surface area (Å²) < 4.78 is 0. The maximum atomic E-state index is 4.02. The highest BCUT2D eigenvalue weighted by Gasteiger charge is 2.31. The van der Waals surface area contributed by atoms with Crippen molar-refractivity contribution in [3.63, 3.8) is 0 Å². The van der Waals surface area contributed by atoms with Crippen LogP contribution in [0.4, 0.5) is 0 Å². The van der Waals surface area contributed by atoms with Crippen LogP contribution in [0.2, 0.25) is 0 Å². The first kappa shape index (κ1) is 11.2. The number of aromatic nitrogens is 2. The van der Waals surface area contributed by atoms with Gasteiger partial charge in [-0.3, -0.25) is 5.10 Å². The molecule has 0 amide bonds. The summed E-state index contributed by atoms with van der Waals surface area (Å²) in [5, 5.41) is 10.7. The second-order valence-corrected chi connectivity index (χ2v) is 5.47. The van der Waals surface area contributed by atoms with Crippen molar-refractivity contribution in [3.05, 3.63) is 18.0 Å². The average Bonchev–Trinajstić information content (AvgIpc) is 2.99. The van der Waals surface area contributed by atoms with Crippen LogP contribution in [0.25, 0.3) is 0 Å². The zero-order valence-electron chi connectivity index (χ0n) is 10.5. The van der Waals surface area contributed by atoms with Gasteiger partial charge in [-0.1, -0.05) is 0 Å². The lowest BCUT2D eigenvalue weighted by Crippen LogP contribution is -2.46. The number of nitrogens with zero attached hydrogens (tertiary/aromatic N) is 2. The van der Waals surface area contributed by atoms with Crippen LogP contribution in [0.1, 0.15) is 44.2 Å². The Labute approximate surface area is 103 Å². The van der Waals surface area contributed by atoms with E-state index in [1.54, 1.807) is 0 Å². The fourth-order valence-corrected chi connectivity index (χ4v) is 3.32. The molecule has 0 aliphatic carbocycles. The quantitative estimate of drug-likeness (QED) is 0.836. The first-order valence-corrected chi connectivity index (χ1v) is 6.81. The number of nitrogens with one attached hydrogen (secondary N) is 2. The van der Waals surface area contributed by atoms with Crippen molar-refractivity contribution in [3.8, 4) is 0 Å². The van der Waals surface area contributed by atoms with E-state index in [-0.39, 0.29) is 0 Å². The maximum absolute atomic E-state index is 4.02. The smallest absolute Gasteiger partial charge is 0.0534 e. The zero-order valence-corrected chi connectivity index (χ0v) is 10.5. The summed E-state index contributed by atoms with van der Waals surface area (Å²) in [6, 6.07) is 1.93. The number of rotatable bonds is 3. The third kappa shape index (κ3) is 2.38. The molecule has 3 unspecified atom stereocenters. The number of H-pyrrole nitrogens is 1. The summed E-state index contributed by atoms with van der Waals surface area (Å²) in [5.41, 5.74) is 1.26. The predicted octanol–water partition coefficient (Wildman–Crippen LogP) is 1.69. The fourth-order valence-electron chi connectivity index (χ4n) is 3.32. The van der Waals surface area contributed by atoms with E-state index in [1.807, 2.05) is 12.4 Å². The van der Waals surface area contributed by atoms with Gasteiger partial charge in [0.15, 0.2) is 0 Å². The molecule has 2 fully saturated rings. The third-order valence-corrected chi connectivity index (χ3v) is 4.33. The van der Waals surface area contributed by atoms with Crippen LogP contribution in [0.5, 0.6) is 0 Å². The molecule has 3 atom stereocenters. The van der Waals surface area contributed by atoms with Crippen molar-refractivity contribution in [2.45, 2.75) is 50.7 Å². The van der Waals surface area contributed by atoms with Gasteiger partial charge in [0, 0.05) is 29.9 Å². The van der Waals surface area contributed by atoms with E-state index in [1.165, 1.54) is 44.3 Å². The van der Waals surface area contributed by atoms with Gasteiger partial charge in [0.1, 0.15) is 0 Å². The maximum Gasteiger partial charge on any atom is 0.0534 e. The van der Waals surface area contributed by atoms with Crippen LogP contribution < -0.4 is 5.32 Å². The Hall–Kier alpha value is -0.870. The molecule has 2 aliphatic rings. The second kappa shape index (κ2) is 4.78. The Kier molecular flexibility index (Phi) is 3.16. The van der Waals surface area contributed by atoms with E-state index in [2.05, 4.69) is 27.3 Å². The molecule has 3 heterocycles. The first-order valence-electron chi connectivity index (χ1n) is 6.81. The molecule has 0 spiro atoms. The minimum atomic E-state index is 0.409. The molecule has 3 rings (SSSR count). The van der Waals surface area contributed by atoms with Gasteiger partial charge in [-0.2, -0.15) is 5.10 Å². The van der Waals surface area contributed by atoms with Gasteiger partial charge < -0.3 is 10.2 Å². The summed E-state index contributed by atoms with van der Waals surface area (Å²) in [7, 11) is 0. The normalized spacial score (nSPS) is 31.4. The standard InChI is InChI=1S/C13H22N4/c1-10(11-8-14-15-9-11)16-12-4-6-17-5-2-3-13(17)7-12/h8-10,12-13,16H,2-7H2,1H3,(H,14,15). The first-order chi connectivity index (χ1) is 8.33. The summed E-state index contributed by atoms with van der Waals surface area (Å²) in [5.74, 6) is 0. The van der Waals surface area contributed by atoms with Crippen LogP contribution >= 0.6 is 0 Å².